The Morgan fingerprint density at radius 2 is 1.69 bits per heavy atom. The highest BCUT2D eigenvalue weighted by Gasteiger charge is 2.35. The van der Waals surface area contributed by atoms with Gasteiger partial charge in [-0.15, -0.1) is 0 Å². The van der Waals surface area contributed by atoms with Crippen molar-refractivity contribution >= 4 is 28.5 Å². The smallest absolute Gasteiger partial charge is 0.242 e. The number of nitrogens with zero attached hydrogens (tertiary/aromatic N) is 4. The molecule has 3 aromatic rings. The predicted molar refractivity (Wildman–Crippen MR) is 142 cm³/mol. The van der Waals surface area contributed by atoms with E-state index in [1.165, 1.54) is 5.56 Å². The molecule has 1 aromatic heterocycles. The Morgan fingerprint density at radius 3 is 2.31 bits per heavy atom. The summed E-state index contributed by atoms with van der Waals surface area (Å²) in [5.41, 5.74) is 3.99. The highest BCUT2D eigenvalue weighted by Crippen LogP contribution is 2.33. The highest BCUT2D eigenvalue weighted by molar-refractivity contribution is 5.96. The van der Waals surface area contributed by atoms with Gasteiger partial charge in [-0.3, -0.25) is 9.59 Å². The van der Waals surface area contributed by atoms with Gasteiger partial charge in [-0.25, -0.2) is 4.98 Å². The van der Waals surface area contributed by atoms with Crippen LogP contribution in [0.3, 0.4) is 0 Å². The van der Waals surface area contributed by atoms with Gasteiger partial charge in [-0.1, -0.05) is 58.9 Å². The molecule has 6 heteroatoms. The molecule has 0 aliphatic carbocycles. The van der Waals surface area contributed by atoms with Gasteiger partial charge in [0.1, 0.15) is 12.4 Å². The van der Waals surface area contributed by atoms with Crippen LogP contribution in [-0.2, 0) is 22.6 Å². The van der Waals surface area contributed by atoms with E-state index in [0.717, 1.165) is 42.1 Å². The van der Waals surface area contributed by atoms with Crippen molar-refractivity contribution in [3.63, 3.8) is 0 Å². The molecular weight excluding hydrogens is 436 g/mol. The number of carbonyl (C=O) groups is 2. The van der Waals surface area contributed by atoms with Crippen LogP contribution in [0.2, 0.25) is 0 Å². The molecule has 6 nitrogen and oxygen atoms in total. The maximum Gasteiger partial charge on any atom is 0.242 e. The topological polar surface area (TPSA) is 58.4 Å². The fraction of sp³-hybridized carbons (Fsp3) is 0.483. The van der Waals surface area contributed by atoms with Gasteiger partial charge in [-0.05, 0) is 48.1 Å². The number of benzene rings is 2. The Hall–Kier alpha value is -3.15. The Bertz CT molecular complexity index is 1170. The molecule has 186 valence electrons. The average Bonchev–Trinajstić information content (AvgIpc) is 3.38. The Morgan fingerprint density at radius 1 is 1.03 bits per heavy atom. The van der Waals surface area contributed by atoms with Crippen molar-refractivity contribution in [2.45, 2.75) is 59.9 Å². The second kappa shape index (κ2) is 10.6. The largest absolute Gasteiger partial charge is 0.341 e. The summed E-state index contributed by atoms with van der Waals surface area (Å²) >= 11 is 0. The van der Waals surface area contributed by atoms with Gasteiger partial charge >= 0.3 is 0 Å². The SMILES string of the molecule is CCc1ccc(N2C[C@@H](c3nc4ccccc4n3CC(=O)N(CC(C)C)CC(C)C)CC2=O)cc1. The molecule has 0 saturated carbocycles. The number of rotatable bonds is 9. The third-order valence-electron chi connectivity index (χ3n) is 6.65. The van der Waals surface area contributed by atoms with Crippen LogP contribution in [0.15, 0.2) is 48.5 Å². The van der Waals surface area contributed by atoms with E-state index in [9.17, 15) is 9.59 Å². The van der Waals surface area contributed by atoms with E-state index in [2.05, 4.69) is 46.8 Å². The molecule has 4 rings (SSSR count). The Labute approximate surface area is 208 Å². The fourth-order valence-corrected chi connectivity index (χ4v) is 5.01. The molecule has 35 heavy (non-hydrogen) atoms. The van der Waals surface area contributed by atoms with Crippen molar-refractivity contribution < 1.29 is 9.59 Å². The van der Waals surface area contributed by atoms with Crippen LogP contribution >= 0.6 is 0 Å². The van der Waals surface area contributed by atoms with Gasteiger partial charge < -0.3 is 14.4 Å². The minimum absolute atomic E-state index is 0.0581. The van der Waals surface area contributed by atoms with Crippen LogP contribution in [0, 0.1) is 11.8 Å². The number of para-hydroxylation sites is 2. The van der Waals surface area contributed by atoms with Gasteiger partial charge in [0.05, 0.1) is 11.0 Å². The lowest BCUT2D eigenvalue weighted by atomic mass is 10.1. The van der Waals surface area contributed by atoms with E-state index in [1.54, 1.807) is 0 Å². The first kappa shape index (κ1) is 25.0. The van der Waals surface area contributed by atoms with E-state index < -0.39 is 0 Å². The normalized spacial score (nSPS) is 16.1. The number of amides is 2. The lowest BCUT2D eigenvalue weighted by Crippen LogP contribution is -2.39. The summed E-state index contributed by atoms with van der Waals surface area (Å²) in [5, 5.41) is 0. The minimum atomic E-state index is -0.0581. The lowest BCUT2D eigenvalue weighted by Gasteiger charge is -2.27. The number of aromatic nitrogens is 2. The molecule has 0 bridgehead atoms. The maximum absolute atomic E-state index is 13.5. The molecule has 0 radical (unpaired) electrons. The molecule has 1 fully saturated rings. The number of hydrogen-bond donors (Lipinski definition) is 0. The Kier molecular flexibility index (Phi) is 7.58. The molecule has 1 atom stereocenters. The number of hydrogen-bond acceptors (Lipinski definition) is 3. The van der Waals surface area contributed by atoms with Crippen molar-refractivity contribution in [1.82, 2.24) is 14.5 Å². The number of aryl methyl sites for hydroxylation is 1. The molecule has 2 aromatic carbocycles. The molecule has 0 spiro atoms. The average molecular weight is 475 g/mol. The summed E-state index contributed by atoms with van der Waals surface area (Å²) in [5.74, 6) is 1.78. The van der Waals surface area contributed by atoms with E-state index in [4.69, 9.17) is 4.98 Å². The van der Waals surface area contributed by atoms with Gasteiger partial charge in [0.2, 0.25) is 11.8 Å². The van der Waals surface area contributed by atoms with Crippen LogP contribution in [0.4, 0.5) is 5.69 Å². The third kappa shape index (κ3) is 5.58. The number of fused-ring (bicyclic) bond motifs is 1. The number of carbonyl (C=O) groups excluding carboxylic acids is 2. The molecule has 0 N–H and O–H groups in total. The third-order valence-corrected chi connectivity index (χ3v) is 6.65. The van der Waals surface area contributed by atoms with Crippen molar-refractivity contribution in [1.29, 1.82) is 0 Å². The van der Waals surface area contributed by atoms with E-state index in [0.29, 0.717) is 24.8 Å². The summed E-state index contributed by atoms with van der Waals surface area (Å²) in [6, 6.07) is 16.2. The van der Waals surface area contributed by atoms with Crippen molar-refractivity contribution in [2.75, 3.05) is 24.5 Å². The van der Waals surface area contributed by atoms with Crippen LogP contribution in [0.1, 0.15) is 58.3 Å². The van der Waals surface area contributed by atoms with Crippen LogP contribution in [0.5, 0.6) is 0 Å². The molecule has 2 heterocycles. The highest BCUT2D eigenvalue weighted by atomic mass is 16.2. The molecular formula is C29H38N4O2. The number of anilines is 1. The summed E-state index contributed by atoms with van der Waals surface area (Å²) in [6.07, 6.45) is 1.37. The van der Waals surface area contributed by atoms with E-state index >= 15 is 0 Å². The first-order chi connectivity index (χ1) is 16.8. The van der Waals surface area contributed by atoms with Crippen LogP contribution in [0.25, 0.3) is 11.0 Å². The quantitative estimate of drug-likeness (QED) is 0.425. The molecule has 2 amide bonds. The summed E-state index contributed by atoms with van der Waals surface area (Å²) in [7, 11) is 0. The monoisotopic (exact) mass is 474 g/mol. The first-order valence-corrected chi connectivity index (χ1v) is 12.9. The van der Waals surface area contributed by atoms with Crippen molar-refractivity contribution in [3.8, 4) is 0 Å². The summed E-state index contributed by atoms with van der Waals surface area (Å²) < 4.78 is 2.05. The minimum Gasteiger partial charge on any atom is -0.341 e. The Balaban J connectivity index is 1.63. The summed E-state index contributed by atoms with van der Waals surface area (Å²) in [6.45, 7) is 13.0. The zero-order chi connectivity index (χ0) is 25.1. The molecule has 0 unspecified atom stereocenters. The lowest BCUT2D eigenvalue weighted by molar-refractivity contribution is -0.132. The van der Waals surface area contributed by atoms with E-state index in [-0.39, 0.29) is 24.3 Å². The predicted octanol–water partition coefficient (Wildman–Crippen LogP) is 5.26. The maximum atomic E-state index is 13.5. The van der Waals surface area contributed by atoms with Gasteiger partial charge in [0.15, 0.2) is 0 Å². The molecule has 1 aliphatic heterocycles. The zero-order valence-corrected chi connectivity index (χ0v) is 21.7. The second-order valence-corrected chi connectivity index (χ2v) is 10.6. The van der Waals surface area contributed by atoms with Gasteiger partial charge in [0.25, 0.3) is 0 Å². The fourth-order valence-electron chi connectivity index (χ4n) is 5.01. The molecule has 1 aliphatic rings. The first-order valence-electron chi connectivity index (χ1n) is 12.9. The van der Waals surface area contributed by atoms with E-state index in [1.807, 2.05) is 50.8 Å². The van der Waals surface area contributed by atoms with Crippen molar-refractivity contribution in [3.05, 3.63) is 59.9 Å². The second-order valence-electron chi connectivity index (χ2n) is 10.6. The standard InChI is InChI=1S/C29H38N4O2/c1-6-22-11-13-24(14-12-22)32-18-23(15-27(32)34)29-30-25-9-7-8-10-26(25)33(29)19-28(35)31(16-20(2)3)17-21(4)5/h7-14,20-21,23H,6,15-19H2,1-5H3/t23-/m0/s1. The molecule has 1 saturated heterocycles. The van der Waals surface area contributed by atoms with Crippen molar-refractivity contribution in [2.24, 2.45) is 11.8 Å². The summed E-state index contributed by atoms with van der Waals surface area (Å²) in [4.78, 5) is 35.3. The van der Waals surface area contributed by atoms with Gasteiger partial charge in [-0.2, -0.15) is 0 Å². The van der Waals surface area contributed by atoms with Gasteiger partial charge in [0, 0.05) is 37.7 Å². The van der Waals surface area contributed by atoms with Crippen LogP contribution < -0.4 is 4.90 Å². The van der Waals surface area contributed by atoms with Crippen LogP contribution in [-0.4, -0.2) is 45.9 Å². The number of imidazole rings is 1. The zero-order valence-electron chi connectivity index (χ0n) is 21.7.